The Labute approximate surface area is 128 Å². The summed E-state index contributed by atoms with van der Waals surface area (Å²) in [6, 6.07) is 0.471. The minimum absolute atomic E-state index is 0.0998. The zero-order valence-corrected chi connectivity index (χ0v) is 12.7. The van der Waals surface area contributed by atoms with Crippen molar-refractivity contribution in [3.05, 3.63) is 16.3 Å². The summed E-state index contributed by atoms with van der Waals surface area (Å²) in [6.45, 7) is 2.65. The lowest BCUT2D eigenvalue weighted by Gasteiger charge is -2.36. The van der Waals surface area contributed by atoms with E-state index in [0.717, 1.165) is 45.1 Å². The molecule has 0 bridgehead atoms. The first-order valence-corrected chi connectivity index (χ1v) is 7.36. The summed E-state index contributed by atoms with van der Waals surface area (Å²) in [7, 11) is 2.07. The van der Waals surface area contributed by atoms with Gasteiger partial charge in [-0.15, -0.1) is 0 Å². The maximum absolute atomic E-state index is 10.7. The third-order valence-electron chi connectivity index (χ3n) is 4.02. The number of nitrogens with zero attached hydrogens (tertiary/aromatic N) is 5. The molecule has 1 fully saturated rings. The topological polar surface area (TPSA) is 122 Å². The molecule has 2 rings (SSSR count). The summed E-state index contributed by atoms with van der Waals surface area (Å²) < 4.78 is 0. The first-order chi connectivity index (χ1) is 10.5. The summed E-state index contributed by atoms with van der Waals surface area (Å²) in [5, 5.41) is 19.6. The highest BCUT2D eigenvalue weighted by Gasteiger charge is 2.25. The molecule has 0 saturated carbocycles. The van der Waals surface area contributed by atoms with Crippen LogP contribution in [0.2, 0.25) is 0 Å². The molecule has 0 radical (unpaired) electrons. The van der Waals surface area contributed by atoms with Gasteiger partial charge < -0.3 is 20.6 Å². The van der Waals surface area contributed by atoms with Crippen molar-refractivity contribution >= 4 is 17.5 Å². The fraction of sp³-hybridized carbons (Fsp3) is 0.692. The average Bonchev–Trinajstić information content (AvgIpc) is 2.52. The third-order valence-corrected chi connectivity index (χ3v) is 4.02. The first kappa shape index (κ1) is 16.4. The summed E-state index contributed by atoms with van der Waals surface area (Å²) in [5.74, 6) is 0.344. The lowest BCUT2D eigenvalue weighted by Crippen LogP contribution is -2.44. The van der Waals surface area contributed by atoms with E-state index in [2.05, 4.69) is 21.9 Å². The molecule has 1 aliphatic rings. The van der Waals surface area contributed by atoms with Crippen molar-refractivity contribution in [3.8, 4) is 0 Å². The highest BCUT2D eigenvalue weighted by Crippen LogP contribution is 2.23. The molecule has 3 N–H and O–H groups in total. The predicted octanol–water partition coefficient (Wildman–Crippen LogP) is 0.250. The molecule has 1 aliphatic heterocycles. The Morgan fingerprint density at radius 2 is 2.23 bits per heavy atom. The molecule has 1 aromatic rings. The zero-order chi connectivity index (χ0) is 16.1. The second-order valence-corrected chi connectivity index (χ2v) is 5.47. The molecule has 0 unspecified atom stereocenters. The van der Waals surface area contributed by atoms with Crippen LogP contribution in [0.4, 0.5) is 17.5 Å². The van der Waals surface area contributed by atoms with E-state index in [-0.39, 0.29) is 18.1 Å². The Kier molecular flexibility index (Phi) is 5.45. The largest absolute Gasteiger partial charge is 0.396 e. The van der Waals surface area contributed by atoms with Gasteiger partial charge in [-0.3, -0.25) is 10.1 Å². The fourth-order valence-corrected chi connectivity index (χ4v) is 2.68. The van der Waals surface area contributed by atoms with Gasteiger partial charge in [0.2, 0.25) is 11.8 Å². The molecule has 0 atom stereocenters. The van der Waals surface area contributed by atoms with Crippen LogP contribution >= 0.6 is 0 Å². The number of aromatic nitrogens is 2. The number of hydrogen-bond donors (Lipinski definition) is 2. The van der Waals surface area contributed by atoms with E-state index in [4.69, 9.17) is 10.8 Å². The minimum atomic E-state index is -0.582. The van der Waals surface area contributed by atoms with Gasteiger partial charge in [0.05, 0.1) is 4.92 Å². The number of hydrogen-bond acceptors (Lipinski definition) is 8. The number of piperidine rings is 1. The first-order valence-electron chi connectivity index (χ1n) is 7.36. The number of nitrogen functional groups attached to an aromatic ring is 1. The Morgan fingerprint density at radius 3 is 2.77 bits per heavy atom. The van der Waals surface area contributed by atoms with Crippen molar-refractivity contribution in [3.63, 3.8) is 0 Å². The standard InChI is InChI=1S/C13H22N6O3/c1-17(5-2-8-20)10-3-6-18(7-4-10)13-15-9-11(19(21)22)12(14)16-13/h9-10,20H,2-8H2,1H3,(H2,14,15,16). The molecular formula is C13H22N6O3. The molecular weight excluding hydrogens is 288 g/mol. The van der Waals surface area contributed by atoms with Crippen molar-refractivity contribution in [1.29, 1.82) is 0 Å². The van der Waals surface area contributed by atoms with Gasteiger partial charge in [0.25, 0.3) is 0 Å². The van der Waals surface area contributed by atoms with Crippen LogP contribution in [-0.2, 0) is 0 Å². The second kappa shape index (κ2) is 7.32. The van der Waals surface area contributed by atoms with Crippen LogP contribution in [0.15, 0.2) is 6.20 Å². The van der Waals surface area contributed by atoms with Gasteiger partial charge in [-0.1, -0.05) is 0 Å². The van der Waals surface area contributed by atoms with E-state index in [1.807, 2.05) is 4.90 Å². The molecule has 0 amide bonds. The van der Waals surface area contributed by atoms with Gasteiger partial charge >= 0.3 is 5.69 Å². The quantitative estimate of drug-likeness (QED) is 0.566. The molecule has 2 heterocycles. The van der Waals surface area contributed by atoms with Crippen molar-refractivity contribution < 1.29 is 10.0 Å². The second-order valence-electron chi connectivity index (χ2n) is 5.47. The fourth-order valence-electron chi connectivity index (χ4n) is 2.68. The molecule has 22 heavy (non-hydrogen) atoms. The van der Waals surface area contributed by atoms with Crippen LogP contribution in [0.1, 0.15) is 19.3 Å². The molecule has 0 aromatic carbocycles. The van der Waals surface area contributed by atoms with Crippen LogP contribution in [0.5, 0.6) is 0 Å². The van der Waals surface area contributed by atoms with Crippen molar-refractivity contribution in [2.75, 3.05) is 43.9 Å². The van der Waals surface area contributed by atoms with E-state index in [1.165, 1.54) is 0 Å². The van der Waals surface area contributed by atoms with Crippen LogP contribution in [0.3, 0.4) is 0 Å². The van der Waals surface area contributed by atoms with Crippen LogP contribution in [-0.4, -0.2) is 64.2 Å². The summed E-state index contributed by atoms with van der Waals surface area (Å²) in [6.07, 6.45) is 3.86. The predicted molar refractivity (Wildman–Crippen MR) is 82.7 cm³/mol. The van der Waals surface area contributed by atoms with Crippen LogP contribution in [0.25, 0.3) is 0 Å². The number of nitrogens with two attached hydrogens (primary N) is 1. The molecule has 0 aliphatic carbocycles. The van der Waals surface area contributed by atoms with Gasteiger partial charge in [-0.25, -0.2) is 4.98 Å². The molecule has 0 spiro atoms. The van der Waals surface area contributed by atoms with E-state index in [1.54, 1.807) is 0 Å². The van der Waals surface area contributed by atoms with Crippen molar-refractivity contribution in [2.24, 2.45) is 0 Å². The van der Waals surface area contributed by atoms with E-state index >= 15 is 0 Å². The van der Waals surface area contributed by atoms with Crippen LogP contribution in [0, 0.1) is 10.1 Å². The third kappa shape index (κ3) is 3.80. The van der Waals surface area contributed by atoms with Crippen LogP contribution < -0.4 is 10.6 Å². The molecule has 9 heteroatoms. The maximum atomic E-state index is 10.7. The SMILES string of the molecule is CN(CCCO)C1CCN(c2ncc([N+](=O)[O-])c(N)n2)CC1. The number of aliphatic hydroxyl groups excluding tert-OH is 1. The molecule has 1 saturated heterocycles. The Morgan fingerprint density at radius 1 is 1.55 bits per heavy atom. The Balaban J connectivity index is 1.94. The van der Waals surface area contributed by atoms with Gasteiger partial charge in [0.15, 0.2) is 0 Å². The monoisotopic (exact) mass is 310 g/mol. The van der Waals surface area contributed by atoms with Gasteiger partial charge in [0.1, 0.15) is 6.20 Å². The van der Waals surface area contributed by atoms with Crippen molar-refractivity contribution in [1.82, 2.24) is 14.9 Å². The highest BCUT2D eigenvalue weighted by atomic mass is 16.6. The number of aliphatic hydroxyl groups is 1. The minimum Gasteiger partial charge on any atom is -0.396 e. The summed E-state index contributed by atoms with van der Waals surface area (Å²) in [4.78, 5) is 22.5. The highest BCUT2D eigenvalue weighted by molar-refractivity contribution is 5.53. The lowest BCUT2D eigenvalue weighted by molar-refractivity contribution is -0.384. The van der Waals surface area contributed by atoms with E-state index in [0.29, 0.717) is 12.0 Å². The van der Waals surface area contributed by atoms with E-state index in [9.17, 15) is 10.1 Å². The Bertz CT molecular complexity index is 518. The van der Waals surface area contributed by atoms with Crippen molar-refractivity contribution in [2.45, 2.75) is 25.3 Å². The normalized spacial score (nSPS) is 16.2. The molecule has 9 nitrogen and oxygen atoms in total. The number of rotatable bonds is 6. The average molecular weight is 310 g/mol. The van der Waals surface area contributed by atoms with Gasteiger partial charge in [-0.2, -0.15) is 4.98 Å². The maximum Gasteiger partial charge on any atom is 0.329 e. The zero-order valence-electron chi connectivity index (χ0n) is 12.7. The lowest BCUT2D eigenvalue weighted by atomic mass is 10.0. The molecule has 122 valence electrons. The van der Waals surface area contributed by atoms with E-state index < -0.39 is 4.92 Å². The summed E-state index contributed by atoms with van der Waals surface area (Å²) >= 11 is 0. The summed E-state index contributed by atoms with van der Waals surface area (Å²) in [5.41, 5.74) is 5.35. The van der Waals surface area contributed by atoms with Gasteiger partial charge in [0, 0.05) is 32.3 Å². The van der Waals surface area contributed by atoms with Gasteiger partial charge in [-0.05, 0) is 26.3 Å². The number of nitro groups is 1. The Hall–Kier alpha value is -2.00. The number of anilines is 2. The smallest absolute Gasteiger partial charge is 0.329 e. The molecule has 1 aromatic heterocycles.